The molecule has 5 nitrogen and oxygen atoms in total. The van der Waals surface area contributed by atoms with Crippen LogP contribution >= 0.6 is 0 Å². The maximum absolute atomic E-state index is 15.1. The van der Waals surface area contributed by atoms with Gasteiger partial charge in [-0.3, -0.25) is 0 Å². The van der Waals surface area contributed by atoms with E-state index >= 15 is 4.39 Å². The largest absolute Gasteiger partial charge is 0.223 e. The van der Waals surface area contributed by atoms with Crippen LogP contribution in [0.4, 0.5) is 8.78 Å². The Balaban J connectivity index is 1.81. The fraction of sp³-hybridized carbons (Fsp3) is 0.565. The highest BCUT2D eigenvalue weighted by Crippen LogP contribution is 2.53. The third-order valence-electron chi connectivity index (χ3n) is 7.49. The molecule has 0 bridgehead atoms. The summed E-state index contributed by atoms with van der Waals surface area (Å²) in [6, 6.07) is 6.05. The third kappa shape index (κ3) is 3.86. The van der Waals surface area contributed by atoms with E-state index in [0.717, 1.165) is 17.7 Å². The SMILES string of the molecule is CC[C@H]1C[C@@H]2C[C@](C3CC(F)=CC=C3F)(S(=O)(=O)c3ccc(C)cc3)CC[C@@H]2NS1(=O)=O. The van der Waals surface area contributed by atoms with Gasteiger partial charge < -0.3 is 0 Å². The molecule has 1 heterocycles. The van der Waals surface area contributed by atoms with Crippen molar-refractivity contribution < 1.29 is 25.6 Å². The summed E-state index contributed by atoms with van der Waals surface area (Å²) >= 11 is 0. The van der Waals surface area contributed by atoms with E-state index in [4.69, 9.17) is 0 Å². The minimum Gasteiger partial charge on any atom is -0.223 e. The number of hydrogen-bond donors (Lipinski definition) is 1. The molecule has 32 heavy (non-hydrogen) atoms. The highest BCUT2D eigenvalue weighted by molar-refractivity contribution is 7.93. The van der Waals surface area contributed by atoms with Gasteiger partial charge in [0, 0.05) is 18.4 Å². The van der Waals surface area contributed by atoms with Crippen molar-refractivity contribution in [3.8, 4) is 0 Å². The first-order valence-corrected chi connectivity index (χ1v) is 14.1. The number of aryl methyl sites for hydroxylation is 1. The van der Waals surface area contributed by atoms with Gasteiger partial charge in [-0.2, -0.15) is 0 Å². The topological polar surface area (TPSA) is 80.3 Å². The van der Waals surface area contributed by atoms with Crippen LogP contribution in [0.2, 0.25) is 0 Å². The Kier molecular flexibility index (Phi) is 6.13. The molecule has 3 aliphatic rings. The number of sulfone groups is 1. The maximum atomic E-state index is 15.1. The van der Waals surface area contributed by atoms with Crippen LogP contribution < -0.4 is 4.72 Å². The molecule has 2 fully saturated rings. The zero-order valence-electron chi connectivity index (χ0n) is 18.2. The van der Waals surface area contributed by atoms with Gasteiger partial charge in [0.15, 0.2) is 9.84 Å². The smallest absolute Gasteiger partial charge is 0.214 e. The Morgan fingerprint density at radius 2 is 1.84 bits per heavy atom. The number of allylic oxidation sites excluding steroid dienone is 4. The summed E-state index contributed by atoms with van der Waals surface area (Å²) in [6.45, 7) is 3.63. The fourth-order valence-electron chi connectivity index (χ4n) is 5.67. The van der Waals surface area contributed by atoms with E-state index in [1.54, 1.807) is 19.1 Å². The molecule has 0 radical (unpaired) electrons. The van der Waals surface area contributed by atoms with Crippen molar-refractivity contribution in [1.29, 1.82) is 0 Å². The molecule has 9 heteroatoms. The number of nitrogens with one attached hydrogen (secondary N) is 1. The molecule has 1 aromatic rings. The Hall–Kier alpha value is -1.58. The Labute approximate surface area is 189 Å². The molecule has 1 saturated heterocycles. The van der Waals surface area contributed by atoms with Crippen molar-refractivity contribution in [3.63, 3.8) is 0 Å². The second kappa shape index (κ2) is 8.33. The van der Waals surface area contributed by atoms with E-state index in [2.05, 4.69) is 4.72 Å². The average molecular weight is 486 g/mol. The van der Waals surface area contributed by atoms with E-state index in [0.29, 0.717) is 12.8 Å². The number of benzene rings is 1. The van der Waals surface area contributed by atoms with Crippen molar-refractivity contribution in [2.75, 3.05) is 0 Å². The van der Waals surface area contributed by atoms with Crippen molar-refractivity contribution in [2.45, 2.75) is 73.3 Å². The van der Waals surface area contributed by atoms with Crippen molar-refractivity contribution in [3.05, 3.63) is 53.6 Å². The average Bonchev–Trinajstić information content (AvgIpc) is 2.74. The summed E-state index contributed by atoms with van der Waals surface area (Å²) in [5.41, 5.74) is 0.895. The van der Waals surface area contributed by atoms with Crippen LogP contribution in [0.5, 0.6) is 0 Å². The predicted octanol–water partition coefficient (Wildman–Crippen LogP) is 4.50. The number of halogens is 2. The fourth-order valence-corrected chi connectivity index (χ4v) is 9.89. The number of fused-ring (bicyclic) bond motifs is 1. The molecule has 0 spiro atoms. The van der Waals surface area contributed by atoms with Crippen LogP contribution in [-0.2, 0) is 19.9 Å². The molecule has 0 aromatic heterocycles. The van der Waals surface area contributed by atoms with E-state index in [1.165, 1.54) is 12.1 Å². The first kappa shape index (κ1) is 23.6. The van der Waals surface area contributed by atoms with Gasteiger partial charge >= 0.3 is 0 Å². The molecule has 4 rings (SSSR count). The maximum Gasteiger partial charge on any atom is 0.214 e. The predicted molar refractivity (Wildman–Crippen MR) is 119 cm³/mol. The van der Waals surface area contributed by atoms with Gasteiger partial charge in [0.05, 0.1) is 14.9 Å². The molecule has 1 N–H and O–H groups in total. The molecule has 5 atom stereocenters. The van der Waals surface area contributed by atoms with E-state index in [-0.39, 0.29) is 42.5 Å². The van der Waals surface area contributed by atoms with Crippen molar-refractivity contribution >= 4 is 19.9 Å². The summed E-state index contributed by atoms with van der Waals surface area (Å²) in [5, 5.41) is -0.620. The summed E-state index contributed by atoms with van der Waals surface area (Å²) in [6.07, 6.45) is 2.90. The molecule has 2 aliphatic carbocycles. The number of rotatable bonds is 4. The van der Waals surface area contributed by atoms with Crippen LogP contribution in [0.25, 0.3) is 0 Å². The lowest BCUT2D eigenvalue weighted by molar-refractivity contribution is 0.165. The Morgan fingerprint density at radius 1 is 1.16 bits per heavy atom. The molecule has 176 valence electrons. The highest BCUT2D eigenvalue weighted by atomic mass is 32.2. The molecule has 0 amide bonds. The zero-order valence-corrected chi connectivity index (χ0v) is 19.9. The van der Waals surface area contributed by atoms with Crippen LogP contribution in [0.3, 0.4) is 0 Å². The highest BCUT2D eigenvalue weighted by Gasteiger charge is 2.58. The van der Waals surface area contributed by atoms with Gasteiger partial charge in [-0.15, -0.1) is 0 Å². The van der Waals surface area contributed by atoms with Gasteiger partial charge in [-0.1, -0.05) is 24.6 Å². The monoisotopic (exact) mass is 485 g/mol. The number of sulfonamides is 1. The quantitative estimate of drug-likeness (QED) is 0.681. The Morgan fingerprint density at radius 3 is 2.50 bits per heavy atom. The van der Waals surface area contributed by atoms with E-state index in [1.807, 2.05) is 6.92 Å². The normalized spacial score (nSPS) is 34.9. The summed E-state index contributed by atoms with van der Waals surface area (Å²) in [7, 11) is -7.52. The Bertz CT molecular complexity index is 1160. The molecule has 1 saturated carbocycles. The second-order valence-electron chi connectivity index (χ2n) is 9.34. The van der Waals surface area contributed by atoms with Gasteiger partial charge in [0.1, 0.15) is 11.7 Å². The van der Waals surface area contributed by atoms with Gasteiger partial charge in [0.2, 0.25) is 10.0 Å². The molecular formula is C23H29F2NO4S2. The van der Waals surface area contributed by atoms with Crippen molar-refractivity contribution in [1.82, 2.24) is 4.72 Å². The minimum atomic E-state index is -4.05. The lowest BCUT2D eigenvalue weighted by atomic mass is 9.68. The minimum absolute atomic E-state index is 0.0584. The van der Waals surface area contributed by atoms with Crippen LogP contribution in [0.1, 0.15) is 51.0 Å². The van der Waals surface area contributed by atoms with Gasteiger partial charge in [0.25, 0.3) is 0 Å². The lowest BCUT2D eigenvalue weighted by Crippen LogP contribution is -2.59. The first-order chi connectivity index (χ1) is 15.0. The zero-order chi connectivity index (χ0) is 23.3. The van der Waals surface area contributed by atoms with E-state index in [9.17, 15) is 21.2 Å². The summed E-state index contributed by atoms with van der Waals surface area (Å²) < 4.78 is 83.8. The first-order valence-electron chi connectivity index (χ1n) is 11.0. The van der Waals surface area contributed by atoms with Crippen LogP contribution in [0.15, 0.2) is 53.0 Å². The lowest BCUT2D eigenvalue weighted by Gasteiger charge is -2.50. The summed E-state index contributed by atoms with van der Waals surface area (Å²) in [5.74, 6) is -2.59. The van der Waals surface area contributed by atoms with Crippen molar-refractivity contribution in [2.24, 2.45) is 11.8 Å². The standard InChI is InChI=1S/C23H29F2NO4S2/c1-3-18-12-16-14-23(11-10-22(16)26-32(18,29)30,20-13-17(24)6-9-21(20)25)31(27,28)19-7-4-15(2)5-8-19/h4-9,16,18,20,22,26H,3,10-14H2,1-2H3/t16-,18+,20?,22+,23-/m1/s1. The summed E-state index contributed by atoms with van der Waals surface area (Å²) in [4.78, 5) is 0.0905. The number of hydrogen-bond acceptors (Lipinski definition) is 4. The molecule has 1 aliphatic heterocycles. The molecule has 1 aromatic carbocycles. The molecule has 1 unspecified atom stereocenters. The van der Waals surface area contributed by atoms with E-state index < -0.39 is 47.4 Å². The molecular weight excluding hydrogens is 456 g/mol. The van der Waals surface area contributed by atoms with Gasteiger partial charge in [-0.05, 0) is 69.2 Å². The van der Waals surface area contributed by atoms with Crippen LogP contribution in [-0.4, -0.2) is 32.9 Å². The second-order valence-corrected chi connectivity index (χ2v) is 13.6. The van der Waals surface area contributed by atoms with Gasteiger partial charge in [-0.25, -0.2) is 30.3 Å². The van der Waals surface area contributed by atoms with Crippen LogP contribution in [0, 0.1) is 18.8 Å². The third-order valence-corrected chi connectivity index (χ3v) is 12.1.